The lowest BCUT2D eigenvalue weighted by atomic mass is 10.0. The minimum atomic E-state index is -0.424. The number of nitrogens with zero attached hydrogens (tertiary/aromatic N) is 5. The molecular formula is C31H40N8O2. The second-order valence-electron chi connectivity index (χ2n) is 10.1. The molecule has 0 unspecified atom stereocenters. The first-order valence-electron chi connectivity index (χ1n) is 14.2. The van der Waals surface area contributed by atoms with E-state index in [9.17, 15) is 9.59 Å². The van der Waals surface area contributed by atoms with Crippen molar-refractivity contribution in [1.29, 1.82) is 5.26 Å². The molecule has 1 aromatic carbocycles. The summed E-state index contributed by atoms with van der Waals surface area (Å²) in [5.41, 5.74) is 2.07. The molecule has 2 amide bonds. The Labute approximate surface area is 243 Å². The van der Waals surface area contributed by atoms with Crippen LogP contribution in [-0.2, 0) is 9.59 Å². The average molecular weight is 557 g/mol. The Balaban J connectivity index is 1.52. The third-order valence-electron chi connectivity index (χ3n) is 6.42. The summed E-state index contributed by atoms with van der Waals surface area (Å²) in [7, 11) is 3.89. The largest absolute Gasteiger partial charge is 0.369 e. The maximum atomic E-state index is 12.9. The smallest absolute Gasteiger partial charge is 0.246 e. The van der Waals surface area contributed by atoms with Crippen LogP contribution in [0.4, 0.5) is 17.5 Å². The van der Waals surface area contributed by atoms with Crippen molar-refractivity contribution in [2.24, 2.45) is 0 Å². The van der Waals surface area contributed by atoms with E-state index >= 15 is 0 Å². The first-order valence-corrected chi connectivity index (χ1v) is 14.2. The Hall–Kier alpha value is -4.41. The second kappa shape index (κ2) is 16.6. The van der Waals surface area contributed by atoms with Crippen LogP contribution in [-0.4, -0.2) is 77.9 Å². The van der Waals surface area contributed by atoms with E-state index in [2.05, 4.69) is 50.8 Å². The zero-order chi connectivity index (χ0) is 29.5. The third-order valence-corrected chi connectivity index (χ3v) is 6.42. The summed E-state index contributed by atoms with van der Waals surface area (Å²) in [6, 6.07) is 8.76. The number of rotatable bonds is 12. The van der Waals surface area contributed by atoms with Crippen LogP contribution in [0, 0.1) is 23.2 Å². The molecule has 1 atom stereocenters. The van der Waals surface area contributed by atoms with Crippen LogP contribution in [0.1, 0.15) is 56.6 Å². The van der Waals surface area contributed by atoms with E-state index in [1.165, 1.54) is 0 Å². The molecule has 41 heavy (non-hydrogen) atoms. The molecule has 1 fully saturated rings. The van der Waals surface area contributed by atoms with Crippen LogP contribution in [0.2, 0.25) is 0 Å². The number of piperidine rings is 1. The van der Waals surface area contributed by atoms with Crippen molar-refractivity contribution < 1.29 is 9.59 Å². The number of likely N-dealkylation sites (tertiary alicyclic amines) is 1. The summed E-state index contributed by atoms with van der Waals surface area (Å²) in [6.07, 6.45) is 9.85. The number of anilines is 3. The zero-order valence-corrected chi connectivity index (χ0v) is 24.2. The molecule has 3 N–H and O–H groups in total. The van der Waals surface area contributed by atoms with E-state index in [1.807, 2.05) is 25.1 Å². The van der Waals surface area contributed by atoms with Crippen molar-refractivity contribution in [2.45, 2.75) is 51.5 Å². The van der Waals surface area contributed by atoms with Crippen molar-refractivity contribution in [2.75, 3.05) is 50.9 Å². The first kappa shape index (κ1) is 31.1. The van der Waals surface area contributed by atoms with Crippen LogP contribution in [0.5, 0.6) is 0 Å². The number of nitriles is 1. The van der Waals surface area contributed by atoms with Gasteiger partial charge in [0.25, 0.3) is 0 Å². The molecular weight excluding hydrogens is 516 g/mol. The van der Waals surface area contributed by atoms with Gasteiger partial charge in [-0.25, -0.2) is 4.98 Å². The Morgan fingerprint density at radius 1 is 1.20 bits per heavy atom. The molecule has 0 bridgehead atoms. The molecule has 1 aliphatic rings. The van der Waals surface area contributed by atoms with Gasteiger partial charge in [0.05, 0.1) is 23.4 Å². The highest BCUT2D eigenvalue weighted by atomic mass is 16.2. The highest BCUT2D eigenvalue weighted by Crippen LogP contribution is 2.19. The molecule has 0 saturated carbocycles. The quantitative estimate of drug-likeness (QED) is 0.205. The van der Waals surface area contributed by atoms with Crippen molar-refractivity contribution in [3.63, 3.8) is 0 Å². The molecule has 10 heteroatoms. The summed E-state index contributed by atoms with van der Waals surface area (Å²) in [5, 5.41) is 18.4. The number of unbranched alkanes of at least 4 members (excludes halogenated alkanes) is 1. The fraction of sp³-hybridized carbons (Fsp3) is 0.452. The van der Waals surface area contributed by atoms with Crippen LogP contribution in [0.25, 0.3) is 0 Å². The summed E-state index contributed by atoms with van der Waals surface area (Å²) in [4.78, 5) is 38.2. The molecule has 0 radical (unpaired) electrons. The highest BCUT2D eigenvalue weighted by molar-refractivity contribution is 5.93. The van der Waals surface area contributed by atoms with E-state index in [0.29, 0.717) is 61.8 Å². The van der Waals surface area contributed by atoms with E-state index < -0.39 is 6.04 Å². The predicted octanol–water partition coefficient (Wildman–Crippen LogP) is 3.66. The summed E-state index contributed by atoms with van der Waals surface area (Å²) in [6.45, 7) is 4.61. The summed E-state index contributed by atoms with van der Waals surface area (Å²) >= 11 is 0. The molecule has 3 rings (SSSR count). The number of carbonyl (C=O) groups excluding carboxylic acids is 2. The van der Waals surface area contributed by atoms with E-state index in [0.717, 1.165) is 31.5 Å². The Morgan fingerprint density at radius 3 is 2.73 bits per heavy atom. The SMILES string of the molecule is CCCNc1nc(Nc2ccc(C#N)cc2)ncc1C#CCCCNC(=O)[C@@H]1CCCCN1C(=O)/C=C/CN(C)C. The number of carbonyl (C=O) groups is 2. The second-order valence-corrected chi connectivity index (χ2v) is 10.1. The minimum absolute atomic E-state index is 0.100. The van der Waals surface area contributed by atoms with Crippen LogP contribution < -0.4 is 16.0 Å². The Bertz CT molecular complexity index is 1290. The normalized spacial score (nSPS) is 14.7. The number of hydrogen-bond acceptors (Lipinski definition) is 8. The van der Waals surface area contributed by atoms with Gasteiger partial charge in [-0.15, -0.1) is 0 Å². The van der Waals surface area contributed by atoms with Crippen molar-refractivity contribution in [3.05, 3.63) is 53.7 Å². The summed E-state index contributed by atoms with van der Waals surface area (Å²) in [5.74, 6) is 7.20. The number of hydrogen-bond donors (Lipinski definition) is 3. The van der Waals surface area contributed by atoms with Gasteiger partial charge in [-0.2, -0.15) is 10.2 Å². The fourth-order valence-electron chi connectivity index (χ4n) is 4.26. The molecule has 10 nitrogen and oxygen atoms in total. The van der Waals surface area contributed by atoms with Gasteiger partial charge in [-0.1, -0.05) is 24.8 Å². The number of likely N-dealkylation sites (N-methyl/N-ethyl adjacent to an activating group) is 1. The Morgan fingerprint density at radius 2 is 2.00 bits per heavy atom. The molecule has 1 saturated heterocycles. The molecule has 2 aromatic rings. The maximum absolute atomic E-state index is 12.9. The number of amides is 2. The topological polar surface area (TPSA) is 126 Å². The number of nitrogens with one attached hydrogen (secondary N) is 3. The molecule has 0 aliphatic carbocycles. The predicted molar refractivity (Wildman–Crippen MR) is 161 cm³/mol. The lowest BCUT2D eigenvalue weighted by molar-refractivity contribution is -0.138. The molecule has 0 spiro atoms. The van der Waals surface area contributed by atoms with E-state index in [-0.39, 0.29) is 11.8 Å². The van der Waals surface area contributed by atoms with E-state index in [1.54, 1.807) is 41.4 Å². The monoisotopic (exact) mass is 556 g/mol. The zero-order valence-electron chi connectivity index (χ0n) is 24.2. The van der Waals surface area contributed by atoms with Gasteiger partial charge >= 0.3 is 0 Å². The van der Waals surface area contributed by atoms with Crippen LogP contribution in [0.15, 0.2) is 42.6 Å². The van der Waals surface area contributed by atoms with Gasteiger partial charge in [0, 0.05) is 44.4 Å². The van der Waals surface area contributed by atoms with Gasteiger partial charge in [0.2, 0.25) is 17.8 Å². The van der Waals surface area contributed by atoms with E-state index in [4.69, 9.17) is 5.26 Å². The number of benzene rings is 1. The maximum Gasteiger partial charge on any atom is 0.246 e. The average Bonchev–Trinajstić information content (AvgIpc) is 2.98. The fourth-order valence-corrected chi connectivity index (χ4v) is 4.26. The number of aromatic nitrogens is 2. The standard InChI is InChI=1S/C31H40N8O2/c1-4-18-33-29-25(23-35-31(37-29)36-26-16-14-24(22-32)15-17-26)11-6-5-8-19-34-30(41)27-12-7-9-21-39(27)28(40)13-10-20-38(2)3/h10,13-17,23,27H,4-5,7-9,12,18-21H2,1-3H3,(H,34,41)(H2,33,35,36,37)/b13-10+/t27-/m0/s1. The van der Waals surface area contributed by atoms with Gasteiger partial charge in [0.15, 0.2) is 0 Å². The lowest BCUT2D eigenvalue weighted by Crippen LogP contribution is -2.51. The molecule has 1 aromatic heterocycles. The molecule has 1 aliphatic heterocycles. The van der Waals surface area contributed by atoms with Gasteiger partial charge in [-0.05, 0) is 70.5 Å². The molecule has 2 heterocycles. The third kappa shape index (κ3) is 10.3. The van der Waals surface area contributed by atoms with Gasteiger partial charge in [0.1, 0.15) is 11.9 Å². The van der Waals surface area contributed by atoms with Crippen molar-refractivity contribution >= 4 is 29.3 Å². The highest BCUT2D eigenvalue weighted by Gasteiger charge is 2.30. The minimum Gasteiger partial charge on any atom is -0.369 e. The van der Waals surface area contributed by atoms with Crippen molar-refractivity contribution in [1.82, 2.24) is 25.1 Å². The Kier molecular flexibility index (Phi) is 12.6. The van der Waals surface area contributed by atoms with Crippen molar-refractivity contribution in [3.8, 4) is 17.9 Å². The van der Waals surface area contributed by atoms with Crippen LogP contribution in [0.3, 0.4) is 0 Å². The summed E-state index contributed by atoms with van der Waals surface area (Å²) < 4.78 is 0. The van der Waals surface area contributed by atoms with Gasteiger partial charge in [-0.3, -0.25) is 9.59 Å². The van der Waals surface area contributed by atoms with Crippen LogP contribution >= 0.6 is 0 Å². The lowest BCUT2D eigenvalue weighted by Gasteiger charge is -2.34. The molecule has 216 valence electrons. The van der Waals surface area contributed by atoms with Gasteiger partial charge < -0.3 is 25.8 Å². The first-order chi connectivity index (χ1) is 19.9.